The predicted molar refractivity (Wildman–Crippen MR) is 61.8 cm³/mol. The van der Waals surface area contributed by atoms with E-state index < -0.39 is 0 Å². The molecule has 1 heterocycles. The van der Waals surface area contributed by atoms with E-state index in [1.165, 1.54) is 0 Å². The van der Waals surface area contributed by atoms with E-state index in [9.17, 15) is 5.11 Å². The molecular formula is C13H15NO2. The second-order valence-corrected chi connectivity index (χ2v) is 3.66. The minimum absolute atomic E-state index is 0.0314. The van der Waals surface area contributed by atoms with Crippen molar-refractivity contribution in [2.24, 2.45) is 0 Å². The molecule has 2 rings (SSSR count). The van der Waals surface area contributed by atoms with Crippen molar-refractivity contribution in [2.45, 2.75) is 12.6 Å². The van der Waals surface area contributed by atoms with Crippen LogP contribution < -0.4 is 5.32 Å². The summed E-state index contributed by atoms with van der Waals surface area (Å²) in [6, 6.07) is 11.8. The van der Waals surface area contributed by atoms with Crippen LogP contribution in [0.2, 0.25) is 0 Å². The van der Waals surface area contributed by atoms with Gasteiger partial charge in [0.2, 0.25) is 0 Å². The topological polar surface area (TPSA) is 45.4 Å². The Morgan fingerprint density at radius 2 is 2.00 bits per heavy atom. The number of benzene rings is 1. The van der Waals surface area contributed by atoms with Crippen molar-refractivity contribution in [1.29, 1.82) is 0 Å². The molecule has 0 amide bonds. The Bertz CT molecular complexity index is 397. The zero-order valence-electron chi connectivity index (χ0n) is 8.97. The number of furan rings is 1. The summed E-state index contributed by atoms with van der Waals surface area (Å²) in [4.78, 5) is 0. The Morgan fingerprint density at radius 1 is 1.19 bits per heavy atom. The summed E-state index contributed by atoms with van der Waals surface area (Å²) in [5.41, 5.74) is 2.17. The molecule has 0 saturated carbocycles. The zero-order chi connectivity index (χ0) is 11.2. The van der Waals surface area contributed by atoms with Crippen molar-refractivity contribution < 1.29 is 9.52 Å². The maximum Gasteiger partial charge on any atom is 0.0947 e. The van der Waals surface area contributed by atoms with Crippen LogP contribution in [0, 0.1) is 0 Å². The molecule has 0 aliphatic heterocycles. The molecule has 0 aliphatic rings. The summed E-state index contributed by atoms with van der Waals surface area (Å²) in [6.45, 7) is 0.776. The first kappa shape index (κ1) is 10.9. The first-order chi connectivity index (χ1) is 7.90. The molecule has 1 aromatic carbocycles. The van der Waals surface area contributed by atoms with E-state index in [0.717, 1.165) is 11.1 Å². The first-order valence-corrected chi connectivity index (χ1v) is 5.30. The van der Waals surface area contributed by atoms with Gasteiger partial charge in [0.25, 0.3) is 0 Å². The van der Waals surface area contributed by atoms with Gasteiger partial charge in [-0.05, 0) is 11.6 Å². The third-order valence-electron chi connectivity index (χ3n) is 2.52. The lowest BCUT2D eigenvalue weighted by Crippen LogP contribution is -2.23. The van der Waals surface area contributed by atoms with Crippen molar-refractivity contribution in [3.05, 3.63) is 60.1 Å². The predicted octanol–water partition coefficient (Wildman–Crippen LogP) is 2.10. The molecule has 3 heteroatoms. The number of aliphatic hydroxyl groups excluding tert-OH is 1. The smallest absolute Gasteiger partial charge is 0.0947 e. The van der Waals surface area contributed by atoms with Gasteiger partial charge in [-0.15, -0.1) is 0 Å². The van der Waals surface area contributed by atoms with E-state index in [-0.39, 0.29) is 12.6 Å². The normalized spacial score (nSPS) is 12.6. The largest absolute Gasteiger partial charge is 0.472 e. The van der Waals surface area contributed by atoms with Crippen LogP contribution in [0.15, 0.2) is 53.3 Å². The van der Waals surface area contributed by atoms with Crippen molar-refractivity contribution in [3.63, 3.8) is 0 Å². The fourth-order valence-electron chi connectivity index (χ4n) is 1.61. The van der Waals surface area contributed by atoms with Crippen LogP contribution in [0.4, 0.5) is 0 Å². The van der Waals surface area contributed by atoms with E-state index in [2.05, 4.69) is 5.32 Å². The summed E-state index contributed by atoms with van der Waals surface area (Å²) in [5, 5.41) is 12.6. The monoisotopic (exact) mass is 217 g/mol. The van der Waals surface area contributed by atoms with Gasteiger partial charge < -0.3 is 14.8 Å². The maximum atomic E-state index is 9.32. The Hall–Kier alpha value is -1.58. The minimum atomic E-state index is -0.0314. The SMILES string of the molecule is OCC(NCc1ccoc1)c1ccccc1. The molecule has 16 heavy (non-hydrogen) atoms. The van der Waals surface area contributed by atoms with Gasteiger partial charge in [0.15, 0.2) is 0 Å². The van der Waals surface area contributed by atoms with Crippen molar-refractivity contribution in [3.8, 4) is 0 Å². The van der Waals surface area contributed by atoms with E-state index in [0.29, 0.717) is 6.54 Å². The van der Waals surface area contributed by atoms with Crippen molar-refractivity contribution in [2.75, 3.05) is 6.61 Å². The van der Waals surface area contributed by atoms with Gasteiger partial charge >= 0.3 is 0 Å². The summed E-state index contributed by atoms with van der Waals surface area (Å²) < 4.78 is 4.98. The van der Waals surface area contributed by atoms with Gasteiger partial charge in [0, 0.05) is 12.1 Å². The van der Waals surface area contributed by atoms with E-state index in [1.807, 2.05) is 36.4 Å². The Balaban J connectivity index is 1.96. The number of hydrogen-bond acceptors (Lipinski definition) is 3. The third-order valence-corrected chi connectivity index (χ3v) is 2.52. The van der Waals surface area contributed by atoms with Crippen LogP contribution in [0.1, 0.15) is 17.2 Å². The minimum Gasteiger partial charge on any atom is -0.472 e. The lowest BCUT2D eigenvalue weighted by molar-refractivity contribution is 0.243. The summed E-state index contributed by atoms with van der Waals surface area (Å²) in [5.74, 6) is 0. The van der Waals surface area contributed by atoms with Crippen LogP contribution in [0.25, 0.3) is 0 Å². The van der Waals surface area contributed by atoms with Crippen molar-refractivity contribution >= 4 is 0 Å². The van der Waals surface area contributed by atoms with Gasteiger partial charge in [-0.2, -0.15) is 0 Å². The first-order valence-electron chi connectivity index (χ1n) is 5.30. The van der Waals surface area contributed by atoms with E-state index >= 15 is 0 Å². The van der Waals surface area contributed by atoms with Crippen LogP contribution in [0.3, 0.4) is 0 Å². The maximum absolute atomic E-state index is 9.32. The molecular weight excluding hydrogens is 202 g/mol. The molecule has 1 atom stereocenters. The van der Waals surface area contributed by atoms with E-state index in [1.54, 1.807) is 12.5 Å². The quantitative estimate of drug-likeness (QED) is 0.806. The van der Waals surface area contributed by atoms with Gasteiger partial charge in [0.1, 0.15) is 0 Å². The fourth-order valence-corrected chi connectivity index (χ4v) is 1.61. The summed E-state index contributed by atoms with van der Waals surface area (Å²) in [6.07, 6.45) is 3.35. The third kappa shape index (κ3) is 2.72. The second kappa shape index (κ2) is 5.49. The number of rotatable bonds is 5. The van der Waals surface area contributed by atoms with Crippen LogP contribution >= 0.6 is 0 Å². The molecule has 2 N–H and O–H groups in total. The molecule has 2 aromatic rings. The second-order valence-electron chi connectivity index (χ2n) is 3.66. The molecule has 0 saturated heterocycles. The lowest BCUT2D eigenvalue weighted by Gasteiger charge is -2.15. The molecule has 1 unspecified atom stereocenters. The Morgan fingerprint density at radius 3 is 2.62 bits per heavy atom. The average molecular weight is 217 g/mol. The molecule has 0 spiro atoms. The number of nitrogens with one attached hydrogen (secondary N) is 1. The molecule has 0 fully saturated rings. The van der Waals surface area contributed by atoms with Crippen LogP contribution in [0.5, 0.6) is 0 Å². The average Bonchev–Trinajstić information content (AvgIpc) is 2.84. The number of aliphatic hydroxyl groups is 1. The molecule has 0 aliphatic carbocycles. The van der Waals surface area contributed by atoms with Crippen LogP contribution in [-0.2, 0) is 6.54 Å². The summed E-state index contributed by atoms with van der Waals surface area (Å²) >= 11 is 0. The Labute approximate surface area is 94.7 Å². The molecule has 1 aromatic heterocycles. The number of hydrogen-bond donors (Lipinski definition) is 2. The fraction of sp³-hybridized carbons (Fsp3) is 0.231. The van der Waals surface area contributed by atoms with Gasteiger partial charge in [-0.25, -0.2) is 0 Å². The highest BCUT2D eigenvalue weighted by Gasteiger charge is 2.08. The highest BCUT2D eigenvalue weighted by Crippen LogP contribution is 2.12. The highest BCUT2D eigenvalue weighted by atomic mass is 16.3. The molecule has 0 radical (unpaired) electrons. The van der Waals surface area contributed by atoms with E-state index in [4.69, 9.17) is 4.42 Å². The van der Waals surface area contributed by atoms with Gasteiger partial charge in [-0.3, -0.25) is 0 Å². The standard InChI is InChI=1S/C13H15NO2/c15-9-13(12-4-2-1-3-5-12)14-8-11-6-7-16-10-11/h1-7,10,13-15H,8-9H2. The highest BCUT2D eigenvalue weighted by molar-refractivity contribution is 5.19. The van der Waals surface area contributed by atoms with Gasteiger partial charge in [0.05, 0.1) is 25.2 Å². The van der Waals surface area contributed by atoms with Crippen molar-refractivity contribution in [1.82, 2.24) is 5.32 Å². The molecule has 0 bridgehead atoms. The summed E-state index contributed by atoms with van der Waals surface area (Å²) in [7, 11) is 0. The van der Waals surface area contributed by atoms with Crippen LogP contribution in [-0.4, -0.2) is 11.7 Å². The zero-order valence-corrected chi connectivity index (χ0v) is 8.97. The molecule has 84 valence electrons. The Kier molecular flexibility index (Phi) is 3.75. The van der Waals surface area contributed by atoms with Gasteiger partial charge in [-0.1, -0.05) is 30.3 Å². The lowest BCUT2D eigenvalue weighted by atomic mass is 10.1. The molecule has 3 nitrogen and oxygen atoms in total.